The summed E-state index contributed by atoms with van der Waals surface area (Å²) in [5.41, 5.74) is 0.123. The number of rotatable bonds is 6. The summed E-state index contributed by atoms with van der Waals surface area (Å²) >= 11 is 0. The first-order valence-electron chi connectivity index (χ1n) is 10.4. The van der Waals surface area contributed by atoms with Crippen LogP contribution in [0.5, 0.6) is 0 Å². The van der Waals surface area contributed by atoms with Crippen LogP contribution in [0.3, 0.4) is 0 Å². The van der Waals surface area contributed by atoms with Crippen molar-refractivity contribution >= 4 is 11.8 Å². The van der Waals surface area contributed by atoms with E-state index in [-0.39, 0.29) is 29.7 Å². The molecule has 1 fully saturated rings. The van der Waals surface area contributed by atoms with E-state index in [1.54, 1.807) is 21.9 Å². The van der Waals surface area contributed by atoms with E-state index in [9.17, 15) is 27.2 Å². The summed E-state index contributed by atoms with van der Waals surface area (Å²) in [7, 11) is 0. The molecule has 0 radical (unpaired) electrons. The first-order valence-corrected chi connectivity index (χ1v) is 10.4. The molecule has 0 N–H and O–H groups in total. The number of hydrogen-bond acceptors (Lipinski definition) is 3. The maximum Gasteiger partial charge on any atom is 0.416 e. The molecule has 9 heteroatoms. The van der Waals surface area contributed by atoms with Crippen LogP contribution in [0.15, 0.2) is 48.5 Å². The van der Waals surface area contributed by atoms with E-state index in [1.807, 2.05) is 11.8 Å². The van der Waals surface area contributed by atoms with Gasteiger partial charge in [0.25, 0.3) is 5.91 Å². The minimum atomic E-state index is -4.44. The summed E-state index contributed by atoms with van der Waals surface area (Å²) in [5, 5.41) is 0. The van der Waals surface area contributed by atoms with E-state index in [1.165, 1.54) is 24.3 Å². The SMILES string of the molecule is CCN(Cc1cccc(F)c1)C(=O)CN1CCN(C(=O)c2ccc(C(F)(F)F)cc2)CC1. The third-order valence-electron chi connectivity index (χ3n) is 5.47. The van der Waals surface area contributed by atoms with Crippen LogP contribution in [0, 0.1) is 5.82 Å². The van der Waals surface area contributed by atoms with Crippen LogP contribution in [0.1, 0.15) is 28.4 Å². The first kappa shape index (κ1) is 23.7. The van der Waals surface area contributed by atoms with Crippen molar-refractivity contribution in [1.82, 2.24) is 14.7 Å². The summed E-state index contributed by atoms with van der Waals surface area (Å²) in [6.45, 7) is 4.57. The maximum atomic E-state index is 13.4. The third-order valence-corrected chi connectivity index (χ3v) is 5.47. The Labute approximate surface area is 184 Å². The monoisotopic (exact) mass is 451 g/mol. The van der Waals surface area contributed by atoms with Gasteiger partial charge in [-0.15, -0.1) is 0 Å². The second-order valence-corrected chi connectivity index (χ2v) is 7.68. The molecule has 0 bridgehead atoms. The highest BCUT2D eigenvalue weighted by Gasteiger charge is 2.31. The van der Waals surface area contributed by atoms with Gasteiger partial charge in [0.15, 0.2) is 0 Å². The van der Waals surface area contributed by atoms with E-state index in [0.717, 1.165) is 12.1 Å². The Kier molecular flexibility index (Phi) is 7.50. The van der Waals surface area contributed by atoms with Gasteiger partial charge in [-0.1, -0.05) is 12.1 Å². The highest BCUT2D eigenvalue weighted by molar-refractivity contribution is 5.94. The summed E-state index contributed by atoms with van der Waals surface area (Å²) in [5.74, 6) is -0.759. The second-order valence-electron chi connectivity index (χ2n) is 7.68. The number of alkyl halides is 3. The summed E-state index contributed by atoms with van der Waals surface area (Å²) in [4.78, 5) is 30.5. The Morgan fingerprint density at radius 2 is 1.66 bits per heavy atom. The standard InChI is InChI=1S/C23H25F4N3O2/c1-2-29(15-17-4-3-5-20(24)14-17)21(31)16-28-10-12-30(13-11-28)22(32)18-6-8-19(9-7-18)23(25,26)27/h3-9,14H,2,10-13,15-16H2,1H3. The molecule has 1 aliphatic heterocycles. The Morgan fingerprint density at radius 3 is 2.22 bits per heavy atom. The fraction of sp³-hybridized carbons (Fsp3) is 0.391. The van der Waals surface area contributed by atoms with Gasteiger partial charge in [-0.3, -0.25) is 14.5 Å². The Morgan fingerprint density at radius 1 is 1.00 bits per heavy atom. The smallest absolute Gasteiger partial charge is 0.338 e. The highest BCUT2D eigenvalue weighted by Crippen LogP contribution is 2.29. The fourth-order valence-electron chi connectivity index (χ4n) is 3.62. The van der Waals surface area contributed by atoms with Gasteiger partial charge >= 0.3 is 6.18 Å². The lowest BCUT2D eigenvalue weighted by Crippen LogP contribution is -2.51. The van der Waals surface area contributed by atoms with Gasteiger partial charge in [-0.05, 0) is 48.9 Å². The van der Waals surface area contributed by atoms with Crippen LogP contribution < -0.4 is 0 Å². The lowest BCUT2D eigenvalue weighted by Gasteiger charge is -2.35. The molecule has 32 heavy (non-hydrogen) atoms. The van der Waals surface area contributed by atoms with Crippen molar-refractivity contribution in [3.8, 4) is 0 Å². The Balaban J connectivity index is 1.51. The van der Waals surface area contributed by atoms with Crippen molar-refractivity contribution in [3.05, 3.63) is 71.0 Å². The number of likely N-dealkylation sites (N-methyl/N-ethyl adjacent to an activating group) is 1. The summed E-state index contributed by atoms with van der Waals surface area (Å²) < 4.78 is 51.5. The minimum absolute atomic E-state index is 0.0840. The lowest BCUT2D eigenvalue weighted by atomic mass is 10.1. The minimum Gasteiger partial charge on any atom is -0.338 e. The van der Waals surface area contributed by atoms with Gasteiger partial charge in [-0.25, -0.2) is 4.39 Å². The fourth-order valence-corrected chi connectivity index (χ4v) is 3.62. The quantitative estimate of drug-likeness (QED) is 0.630. The van der Waals surface area contributed by atoms with Crippen LogP contribution in [0.2, 0.25) is 0 Å². The zero-order valence-electron chi connectivity index (χ0n) is 17.7. The Bertz CT molecular complexity index is 939. The summed E-state index contributed by atoms with van der Waals surface area (Å²) in [6.07, 6.45) is -4.44. The third kappa shape index (κ3) is 6.06. The van der Waals surface area contributed by atoms with Crippen LogP contribution in [-0.4, -0.2) is 65.8 Å². The van der Waals surface area contributed by atoms with Crippen molar-refractivity contribution in [2.45, 2.75) is 19.6 Å². The van der Waals surface area contributed by atoms with Gasteiger partial charge in [-0.2, -0.15) is 13.2 Å². The molecular weight excluding hydrogens is 426 g/mol. The average Bonchev–Trinajstić information content (AvgIpc) is 2.77. The average molecular weight is 451 g/mol. The molecule has 0 saturated carbocycles. The normalized spacial score (nSPS) is 15.0. The van der Waals surface area contributed by atoms with E-state index < -0.39 is 11.7 Å². The topological polar surface area (TPSA) is 43.9 Å². The number of amides is 2. The molecule has 0 aliphatic carbocycles. The molecule has 0 aromatic heterocycles. The largest absolute Gasteiger partial charge is 0.416 e. The number of halogens is 4. The van der Waals surface area contributed by atoms with Crippen LogP contribution in [0.4, 0.5) is 17.6 Å². The first-order chi connectivity index (χ1) is 15.2. The van der Waals surface area contributed by atoms with Gasteiger partial charge in [0.05, 0.1) is 12.1 Å². The molecule has 1 saturated heterocycles. The van der Waals surface area contributed by atoms with Gasteiger partial charge in [0, 0.05) is 44.8 Å². The molecule has 1 aliphatic rings. The highest BCUT2D eigenvalue weighted by atomic mass is 19.4. The number of carbonyl (C=O) groups is 2. The molecule has 1 heterocycles. The van der Waals surface area contributed by atoms with Crippen molar-refractivity contribution in [1.29, 1.82) is 0 Å². The molecule has 5 nitrogen and oxygen atoms in total. The Hall–Kier alpha value is -2.94. The number of nitrogens with zero attached hydrogens (tertiary/aromatic N) is 3. The predicted molar refractivity (Wildman–Crippen MR) is 111 cm³/mol. The number of piperazine rings is 1. The van der Waals surface area contributed by atoms with Gasteiger partial charge in [0.1, 0.15) is 5.82 Å². The predicted octanol–water partition coefficient (Wildman–Crippen LogP) is 3.65. The molecular formula is C23H25F4N3O2. The summed E-state index contributed by atoms with van der Waals surface area (Å²) in [6, 6.07) is 10.3. The molecule has 0 unspecified atom stereocenters. The zero-order chi connectivity index (χ0) is 23.3. The number of hydrogen-bond donors (Lipinski definition) is 0. The van der Waals surface area contributed by atoms with Crippen LogP contribution in [0.25, 0.3) is 0 Å². The molecule has 0 spiro atoms. The van der Waals surface area contributed by atoms with E-state index in [2.05, 4.69) is 0 Å². The van der Waals surface area contributed by atoms with Crippen LogP contribution >= 0.6 is 0 Å². The number of carbonyl (C=O) groups excluding carboxylic acids is 2. The molecule has 172 valence electrons. The second kappa shape index (κ2) is 10.1. The van der Waals surface area contributed by atoms with Crippen LogP contribution in [-0.2, 0) is 17.5 Å². The molecule has 2 amide bonds. The van der Waals surface area contributed by atoms with E-state index in [0.29, 0.717) is 44.8 Å². The molecule has 3 rings (SSSR count). The van der Waals surface area contributed by atoms with Crippen molar-refractivity contribution in [3.63, 3.8) is 0 Å². The lowest BCUT2D eigenvalue weighted by molar-refractivity contribution is -0.137. The van der Waals surface area contributed by atoms with Crippen molar-refractivity contribution < 1.29 is 27.2 Å². The van der Waals surface area contributed by atoms with Crippen molar-refractivity contribution in [2.24, 2.45) is 0 Å². The molecule has 2 aromatic rings. The molecule has 0 atom stereocenters. The van der Waals surface area contributed by atoms with E-state index >= 15 is 0 Å². The van der Waals surface area contributed by atoms with Gasteiger partial charge in [0.2, 0.25) is 5.91 Å². The zero-order valence-corrected chi connectivity index (χ0v) is 17.7. The van der Waals surface area contributed by atoms with E-state index in [4.69, 9.17) is 0 Å². The number of benzene rings is 2. The van der Waals surface area contributed by atoms with Gasteiger partial charge < -0.3 is 9.80 Å². The van der Waals surface area contributed by atoms with Crippen molar-refractivity contribution in [2.75, 3.05) is 39.3 Å². The molecule has 2 aromatic carbocycles. The maximum absolute atomic E-state index is 13.4.